The summed E-state index contributed by atoms with van der Waals surface area (Å²) in [6.45, 7) is 4.06. The highest BCUT2D eigenvalue weighted by Crippen LogP contribution is 2.17. The summed E-state index contributed by atoms with van der Waals surface area (Å²) < 4.78 is 0. The number of hydrogen-bond donors (Lipinski definition) is 3. The van der Waals surface area contributed by atoms with Crippen LogP contribution in [0.15, 0.2) is 0 Å². The molecular weight excluding hydrogens is 144 g/mol. The summed E-state index contributed by atoms with van der Waals surface area (Å²) in [5.74, 6) is 0.258. The van der Waals surface area contributed by atoms with Crippen molar-refractivity contribution in [2.24, 2.45) is 11.8 Å². The fourth-order valence-electron chi connectivity index (χ4n) is 1.16. The Morgan fingerprint density at radius 2 is 1.73 bits per heavy atom. The van der Waals surface area contributed by atoms with E-state index in [2.05, 4.69) is 0 Å². The predicted molar refractivity (Wildman–Crippen MR) is 42.9 cm³/mol. The van der Waals surface area contributed by atoms with E-state index in [1.54, 1.807) is 0 Å². The maximum absolute atomic E-state index is 8.84. The third-order valence-corrected chi connectivity index (χ3v) is 1.70. The van der Waals surface area contributed by atoms with E-state index >= 15 is 0 Å². The van der Waals surface area contributed by atoms with Gasteiger partial charge >= 0.3 is 0 Å². The van der Waals surface area contributed by atoms with Crippen molar-refractivity contribution < 1.29 is 15.3 Å². The van der Waals surface area contributed by atoms with Gasteiger partial charge in [0.15, 0.2) is 6.29 Å². The monoisotopic (exact) mass is 162 g/mol. The molecule has 3 heteroatoms. The van der Waals surface area contributed by atoms with E-state index in [-0.39, 0.29) is 12.5 Å². The van der Waals surface area contributed by atoms with Crippen molar-refractivity contribution in [1.29, 1.82) is 0 Å². The molecule has 0 amide bonds. The minimum Gasteiger partial charge on any atom is -0.396 e. The van der Waals surface area contributed by atoms with Gasteiger partial charge in [-0.05, 0) is 18.8 Å². The second-order valence-electron chi connectivity index (χ2n) is 3.32. The van der Waals surface area contributed by atoms with E-state index in [1.165, 1.54) is 0 Å². The number of aliphatic hydroxyl groups is 3. The van der Waals surface area contributed by atoms with E-state index in [0.717, 1.165) is 6.42 Å². The highest BCUT2D eigenvalue weighted by Gasteiger charge is 2.16. The third-order valence-electron chi connectivity index (χ3n) is 1.70. The first kappa shape index (κ1) is 10.9. The molecule has 0 aromatic carbocycles. The normalized spacial score (nSPS) is 14.5. The fraction of sp³-hybridized carbons (Fsp3) is 1.00. The van der Waals surface area contributed by atoms with Crippen molar-refractivity contribution in [3.63, 3.8) is 0 Å². The summed E-state index contributed by atoms with van der Waals surface area (Å²) in [6, 6.07) is 0. The molecule has 0 saturated heterocycles. The van der Waals surface area contributed by atoms with E-state index in [4.69, 9.17) is 15.3 Å². The van der Waals surface area contributed by atoms with Crippen molar-refractivity contribution in [2.45, 2.75) is 33.0 Å². The zero-order valence-corrected chi connectivity index (χ0v) is 7.20. The highest BCUT2D eigenvalue weighted by atomic mass is 16.5. The quantitative estimate of drug-likeness (QED) is 0.511. The minimum atomic E-state index is -1.29. The van der Waals surface area contributed by atoms with E-state index in [1.807, 2.05) is 13.8 Å². The Kier molecular flexibility index (Phi) is 5.46. The Labute approximate surface area is 67.7 Å². The molecule has 0 aliphatic carbocycles. The van der Waals surface area contributed by atoms with Crippen LogP contribution in [0, 0.1) is 11.8 Å². The molecular formula is C8H18O3. The molecule has 0 fully saturated rings. The van der Waals surface area contributed by atoms with Crippen LogP contribution in [0.3, 0.4) is 0 Å². The maximum atomic E-state index is 8.84. The summed E-state index contributed by atoms with van der Waals surface area (Å²) in [5.41, 5.74) is 0. The van der Waals surface area contributed by atoms with Crippen molar-refractivity contribution in [3.05, 3.63) is 0 Å². The first-order valence-corrected chi connectivity index (χ1v) is 4.05. The Bertz CT molecular complexity index is 91.3. The van der Waals surface area contributed by atoms with E-state index in [0.29, 0.717) is 12.3 Å². The molecule has 0 spiro atoms. The Morgan fingerprint density at radius 1 is 1.18 bits per heavy atom. The zero-order valence-electron chi connectivity index (χ0n) is 7.20. The van der Waals surface area contributed by atoms with Gasteiger partial charge < -0.3 is 15.3 Å². The smallest absolute Gasteiger partial charge is 0.154 e. The summed E-state index contributed by atoms with van der Waals surface area (Å²) in [6.07, 6.45) is -0.0711. The van der Waals surface area contributed by atoms with Crippen LogP contribution in [-0.4, -0.2) is 28.2 Å². The zero-order chi connectivity index (χ0) is 8.85. The summed E-state index contributed by atoms with van der Waals surface area (Å²) in [4.78, 5) is 0. The van der Waals surface area contributed by atoms with Crippen LogP contribution < -0.4 is 0 Å². The van der Waals surface area contributed by atoms with Gasteiger partial charge in [0, 0.05) is 12.5 Å². The Morgan fingerprint density at radius 3 is 2.00 bits per heavy atom. The summed E-state index contributed by atoms with van der Waals surface area (Å²) in [5, 5.41) is 26.2. The predicted octanol–water partition coefficient (Wildman–Crippen LogP) is 0.342. The Balaban J connectivity index is 3.69. The molecule has 1 unspecified atom stereocenters. The van der Waals surface area contributed by atoms with Crippen molar-refractivity contribution in [2.75, 3.05) is 6.61 Å². The lowest BCUT2D eigenvalue weighted by molar-refractivity contribution is -0.0937. The lowest BCUT2D eigenvalue weighted by Crippen LogP contribution is -2.22. The van der Waals surface area contributed by atoms with Crippen LogP contribution in [0.1, 0.15) is 26.7 Å². The molecule has 3 N–H and O–H groups in total. The minimum absolute atomic E-state index is 0.0228. The topological polar surface area (TPSA) is 60.7 Å². The first-order valence-electron chi connectivity index (χ1n) is 4.05. The maximum Gasteiger partial charge on any atom is 0.154 e. The highest BCUT2D eigenvalue weighted by molar-refractivity contribution is 4.62. The molecule has 1 atom stereocenters. The van der Waals surface area contributed by atoms with Crippen LogP contribution in [0.4, 0.5) is 0 Å². The molecule has 0 bridgehead atoms. The van der Waals surface area contributed by atoms with Gasteiger partial charge in [-0.15, -0.1) is 0 Å². The molecule has 0 saturated carbocycles. The molecule has 0 heterocycles. The lowest BCUT2D eigenvalue weighted by atomic mass is 9.94. The third kappa shape index (κ3) is 5.18. The van der Waals surface area contributed by atoms with Gasteiger partial charge in [-0.2, -0.15) is 0 Å². The Hall–Kier alpha value is -0.120. The summed E-state index contributed by atoms with van der Waals surface area (Å²) >= 11 is 0. The van der Waals surface area contributed by atoms with Gasteiger partial charge in [0.05, 0.1) is 0 Å². The first-order chi connectivity index (χ1) is 5.07. The van der Waals surface area contributed by atoms with Crippen molar-refractivity contribution >= 4 is 0 Å². The fourth-order valence-corrected chi connectivity index (χ4v) is 1.16. The number of hydrogen-bond acceptors (Lipinski definition) is 3. The average Bonchev–Trinajstić information content (AvgIpc) is 1.86. The molecule has 68 valence electrons. The van der Waals surface area contributed by atoms with Crippen molar-refractivity contribution in [3.8, 4) is 0 Å². The molecule has 0 aromatic rings. The van der Waals surface area contributed by atoms with Gasteiger partial charge in [-0.1, -0.05) is 13.8 Å². The molecule has 0 radical (unpaired) electrons. The molecule has 11 heavy (non-hydrogen) atoms. The molecule has 3 nitrogen and oxygen atoms in total. The largest absolute Gasteiger partial charge is 0.396 e. The van der Waals surface area contributed by atoms with Crippen LogP contribution >= 0.6 is 0 Å². The number of aliphatic hydroxyl groups excluding tert-OH is 2. The van der Waals surface area contributed by atoms with E-state index < -0.39 is 6.29 Å². The van der Waals surface area contributed by atoms with Crippen molar-refractivity contribution in [1.82, 2.24) is 0 Å². The second kappa shape index (κ2) is 5.52. The van der Waals surface area contributed by atoms with Gasteiger partial charge in [-0.3, -0.25) is 0 Å². The lowest BCUT2D eigenvalue weighted by Gasteiger charge is -2.19. The SMILES string of the molecule is CC(C)CC(CCO)C(O)O. The van der Waals surface area contributed by atoms with Gasteiger partial charge in [-0.25, -0.2) is 0 Å². The second-order valence-corrected chi connectivity index (χ2v) is 3.32. The van der Waals surface area contributed by atoms with Crippen LogP contribution in [-0.2, 0) is 0 Å². The molecule has 0 aliphatic heterocycles. The van der Waals surface area contributed by atoms with Gasteiger partial charge in [0.1, 0.15) is 0 Å². The molecule has 0 aromatic heterocycles. The van der Waals surface area contributed by atoms with E-state index in [9.17, 15) is 0 Å². The van der Waals surface area contributed by atoms with Crippen LogP contribution in [0.5, 0.6) is 0 Å². The van der Waals surface area contributed by atoms with Crippen LogP contribution in [0.25, 0.3) is 0 Å². The van der Waals surface area contributed by atoms with Gasteiger partial charge in [0.2, 0.25) is 0 Å². The molecule has 0 aliphatic rings. The summed E-state index contributed by atoms with van der Waals surface area (Å²) in [7, 11) is 0. The van der Waals surface area contributed by atoms with Gasteiger partial charge in [0.25, 0.3) is 0 Å². The standard InChI is InChI=1S/C8H18O3/c1-6(2)5-7(3-4-9)8(10)11/h6-11H,3-5H2,1-2H3. The number of rotatable bonds is 5. The molecule has 0 rings (SSSR count). The van der Waals surface area contributed by atoms with Crippen LogP contribution in [0.2, 0.25) is 0 Å². The average molecular weight is 162 g/mol.